The van der Waals surface area contributed by atoms with Crippen LogP contribution in [0.15, 0.2) is 0 Å². The van der Waals surface area contributed by atoms with Crippen LogP contribution in [0.1, 0.15) is 59.3 Å². The lowest BCUT2D eigenvalue weighted by Crippen LogP contribution is -2.43. The van der Waals surface area contributed by atoms with Crippen molar-refractivity contribution in [3.05, 3.63) is 0 Å². The molecule has 1 aliphatic carbocycles. The van der Waals surface area contributed by atoms with E-state index < -0.39 is 0 Å². The molecule has 1 saturated heterocycles. The number of hydrogen-bond acceptors (Lipinski definition) is 2. The molecule has 0 amide bonds. The van der Waals surface area contributed by atoms with Crippen LogP contribution in [0.5, 0.6) is 0 Å². The fraction of sp³-hybridized carbons (Fsp3) is 1.00. The van der Waals surface area contributed by atoms with Gasteiger partial charge >= 0.3 is 0 Å². The van der Waals surface area contributed by atoms with Crippen LogP contribution in [0.4, 0.5) is 0 Å². The van der Waals surface area contributed by atoms with Gasteiger partial charge in [-0.3, -0.25) is 0 Å². The van der Waals surface area contributed by atoms with E-state index in [4.69, 9.17) is 0 Å². The molecule has 0 aromatic rings. The van der Waals surface area contributed by atoms with Crippen molar-refractivity contribution < 1.29 is 0 Å². The molecule has 2 fully saturated rings. The van der Waals surface area contributed by atoms with Crippen LogP contribution >= 0.6 is 0 Å². The summed E-state index contributed by atoms with van der Waals surface area (Å²) in [6.07, 6.45) is 8.49. The van der Waals surface area contributed by atoms with Crippen LogP contribution in [0, 0.1) is 23.7 Å². The van der Waals surface area contributed by atoms with E-state index >= 15 is 0 Å². The first-order chi connectivity index (χ1) is 9.56. The van der Waals surface area contributed by atoms with Gasteiger partial charge in [-0.25, -0.2) is 0 Å². The third-order valence-electron chi connectivity index (χ3n) is 5.82. The average molecular weight is 280 g/mol. The van der Waals surface area contributed by atoms with E-state index in [0.29, 0.717) is 0 Å². The van der Waals surface area contributed by atoms with Gasteiger partial charge in [0.1, 0.15) is 0 Å². The molecule has 0 bridgehead atoms. The lowest BCUT2D eigenvalue weighted by atomic mass is 9.74. The maximum Gasteiger partial charge on any atom is 0.0100 e. The number of hydrogen-bond donors (Lipinski definition) is 1. The van der Waals surface area contributed by atoms with Crippen LogP contribution in [-0.4, -0.2) is 37.6 Å². The fourth-order valence-electron chi connectivity index (χ4n) is 4.26. The molecule has 20 heavy (non-hydrogen) atoms. The van der Waals surface area contributed by atoms with Crippen LogP contribution < -0.4 is 5.32 Å². The zero-order valence-corrected chi connectivity index (χ0v) is 14.2. The molecule has 3 unspecified atom stereocenters. The Morgan fingerprint density at radius 2 is 1.80 bits per heavy atom. The molecule has 0 radical (unpaired) electrons. The zero-order chi connectivity index (χ0) is 14.5. The summed E-state index contributed by atoms with van der Waals surface area (Å²) < 4.78 is 0. The summed E-state index contributed by atoms with van der Waals surface area (Å²) in [6, 6.07) is 0.782. The SMILES string of the molecule is CC1CCC(C(C)C)C(NCCC2CCN(C)CC2)C1. The van der Waals surface area contributed by atoms with Crippen LogP contribution in [-0.2, 0) is 0 Å². The predicted molar refractivity (Wildman–Crippen MR) is 88.0 cm³/mol. The van der Waals surface area contributed by atoms with Gasteiger partial charge in [0.05, 0.1) is 0 Å². The number of nitrogens with one attached hydrogen (secondary N) is 1. The smallest absolute Gasteiger partial charge is 0.0100 e. The van der Waals surface area contributed by atoms with Gasteiger partial charge in [-0.15, -0.1) is 0 Å². The van der Waals surface area contributed by atoms with Crippen LogP contribution in [0.2, 0.25) is 0 Å². The summed E-state index contributed by atoms with van der Waals surface area (Å²) in [5.74, 6) is 3.63. The minimum absolute atomic E-state index is 0.782. The topological polar surface area (TPSA) is 15.3 Å². The summed E-state index contributed by atoms with van der Waals surface area (Å²) in [5.41, 5.74) is 0. The lowest BCUT2D eigenvalue weighted by Gasteiger charge is -2.38. The van der Waals surface area contributed by atoms with E-state index in [1.54, 1.807) is 0 Å². The fourth-order valence-corrected chi connectivity index (χ4v) is 4.26. The van der Waals surface area contributed by atoms with Crippen molar-refractivity contribution in [2.24, 2.45) is 23.7 Å². The Kier molecular flexibility index (Phi) is 6.35. The van der Waals surface area contributed by atoms with Crippen molar-refractivity contribution in [1.29, 1.82) is 0 Å². The quantitative estimate of drug-likeness (QED) is 0.824. The molecule has 1 N–H and O–H groups in total. The normalized spacial score (nSPS) is 33.8. The largest absolute Gasteiger partial charge is 0.314 e. The molecule has 118 valence electrons. The van der Waals surface area contributed by atoms with Crippen molar-refractivity contribution in [2.45, 2.75) is 65.3 Å². The van der Waals surface area contributed by atoms with Gasteiger partial charge in [-0.2, -0.15) is 0 Å². The Balaban J connectivity index is 1.71. The average Bonchev–Trinajstić information content (AvgIpc) is 2.41. The van der Waals surface area contributed by atoms with Crippen LogP contribution in [0.3, 0.4) is 0 Å². The van der Waals surface area contributed by atoms with Crippen molar-refractivity contribution >= 4 is 0 Å². The molecular weight excluding hydrogens is 244 g/mol. The molecule has 0 aromatic heterocycles. The molecule has 2 rings (SSSR count). The van der Waals surface area contributed by atoms with Gasteiger partial charge in [0.15, 0.2) is 0 Å². The molecule has 2 heteroatoms. The maximum absolute atomic E-state index is 3.93. The van der Waals surface area contributed by atoms with E-state index in [1.165, 1.54) is 58.2 Å². The molecule has 1 aliphatic heterocycles. The molecule has 2 nitrogen and oxygen atoms in total. The van der Waals surface area contributed by atoms with Gasteiger partial charge < -0.3 is 10.2 Å². The summed E-state index contributed by atoms with van der Waals surface area (Å²) in [6.45, 7) is 11.1. The van der Waals surface area contributed by atoms with Crippen LogP contribution in [0.25, 0.3) is 0 Å². The Labute approximate surface area is 126 Å². The standard InChI is InChI=1S/C18H36N2/c1-14(2)17-6-5-15(3)13-18(17)19-10-7-16-8-11-20(4)12-9-16/h14-19H,5-13H2,1-4H3. The highest BCUT2D eigenvalue weighted by atomic mass is 15.1. The molecule has 2 aliphatic rings. The van der Waals surface area contributed by atoms with Gasteiger partial charge in [-0.1, -0.05) is 27.2 Å². The van der Waals surface area contributed by atoms with E-state index in [1.807, 2.05) is 0 Å². The molecule has 1 saturated carbocycles. The summed E-state index contributed by atoms with van der Waals surface area (Å²) in [7, 11) is 2.26. The summed E-state index contributed by atoms with van der Waals surface area (Å²) in [5, 5.41) is 3.93. The predicted octanol–water partition coefficient (Wildman–Crippen LogP) is 3.77. The Morgan fingerprint density at radius 1 is 1.10 bits per heavy atom. The van der Waals surface area contributed by atoms with E-state index in [-0.39, 0.29) is 0 Å². The van der Waals surface area contributed by atoms with Gasteiger partial charge in [0, 0.05) is 6.04 Å². The molecule has 1 heterocycles. The number of rotatable bonds is 5. The minimum Gasteiger partial charge on any atom is -0.314 e. The molecule has 0 spiro atoms. The molecule has 3 atom stereocenters. The van der Waals surface area contributed by atoms with Crippen molar-refractivity contribution in [1.82, 2.24) is 10.2 Å². The van der Waals surface area contributed by atoms with Crippen molar-refractivity contribution in [3.8, 4) is 0 Å². The first kappa shape index (κ1) is 16.3. The maximum atomic E-state index is 3.93. The lowest BCUT2D eigenvalue weighted by molar-refractivity contribution is 0.163. The second-order valence-corrected chi connectivity index (χ2v) is 7.92. The van der Waals surface area contributed by atoms with E-state index in [9.17, 15) is 0 Å². The Bertz CT molecular complexity index is 269. The second-order valence-electron chi connectivity index (χ2n) is 7.92. The third kappa shape index (κ3) is 4.73. The van der Waals surface area contributed by atoms with E-state index in [0.717, 1.165) is 29.7 Å². The molecular formula is C18H36N2. The van der Waals surface area contributed by atoms with Crippen molar-refractivity contribution in [3.63, 3.8) is 0 Å². The summed E-state index contributed by atoms with van der Waals surface area (Å²) >= 11 is 0. The highest BCUT2D eigenvalue weighted by Crippen LogP contribution is 2.33. The monoisotopic (exact) mass is 280 g/mol. The highest BCUT2D eigenvalue weighted by molar-refractivity contribution is 4.85. The number of nitrogens with zero attached hydrogens (tertiary/aromatic N) is 1. The Morgan fingerprint density at radius 3 is 2.45 bits per heavy atom. The first-order valence-electron chi connectivity index (χ1n) is 8.98. The second kappa shape index (κ2) is 7.79. The minimum atomic E-state index is 0.782. The number of likely N-dealkylation sites (tertiary alicyclic amines) is 1. The first-order valence-corrected chi connectivity index (χ1v) is 8.98. The number of piperidine rings is 1. The summed E-state index contributed by atoms with van der Waals surface area (Å²) in [4.78, 5) is 2.47. The van der Waals surface area contributed by atoms with Crippen molar-refractivity contribution in [2.75, 3.05) is 26.7 Å². The van der Waals surface area contributed by atoms with E-state index in [2.05, 4.69) is 38.0 Å². The zero-order valence-electron chi connectivity index (χ0n) is 14.2. The molecule has 0 aromatic carbocycles. The Hall–Kier alpha value is -0.0800. The van der Waals surface area contributed by atoms with Gasteiger partial charge in [0.2, 0.25) is 0 Å². The van der Waals surface area contributed by atoms with Gasteiger partial charge in [0.25, 0.3) is 0 Å². The third-order valence-corrected chi connectivity index (χ3v) is 5.82. The van der Waals surface area contributed by atoms with Gasteiger partial charge in [-0.05, 0) is 82.5 Å². The highest BCUT2D eigenvalue weighted by Gasteiger charge is 2.30.